The van der Waals surface area contributed by atoms with E-state index in [9.17, 15) is 0 Å². The van der Waals surface area contributed by atoms with Gasteiger partial charge in [-0.25, -0.2) is 9.62 Å². The van der Waals surface area contributed by atoms with Crippen molar-refractivity contribution >= 4 is 11.5 Å². The normalized spacial score (nSPS) is 11.3. The van der Waals surface area contributed by atoms with Crippen LogP contribution < -0.4 is 10.2 Å². The van der Waals surface area contributed by atoms with Crippen molar-refractivity contribution in [2.24, 2.45) is 4.99 Å². The Bertz CT molecular complexity index is 493. The highest BCUT2D eigenvalue weighted by atomic mass is 16.6. The van der Waals surface area contributed by atoms with Gasteiger partial charge in [-0.15, -0.1) is 0 Å². The number of aromatic nitrogens is 2. The van der Waals surface area contributed by atoms with Crippen molar-refractivity contribution in [2.45, 2.75) is 0 Å². The van der Waals surface area contributed by atoms with E-state index in [4.69, 9.17) is 9.94 Å². The molecule has 1 aromatic heterocycles. The maximum absolute atomic E-state index is 8.94. The minimum Gasteiger partial charge on any atom is -0.497 e. The van der Waals surface area contributed by atoms with Crippen molar-refractivity contribution < 1.29 is 14.6 Å². The third-order valence-electron chi connectivity index (χ3n) is 2.02. The molecule has 7 heteroatoms. The summed E-state index contributed by atoms with van der Waals surface area (Å²) in [6.45, 7) is 0. The van der Waals surface area contributed by atoms with Gasteiger partial charge in [-0.2, -0.15) is 0 Å². The quantitative estimate of drug-likeness (QED) is 0.470. The molecule has 2 aromatic rings. The zero-order valence-electron chi connectivity index (χ0n) is 8.99. The molecule has 7 nitrogen and oxygen atoms in total. The topological polar surface area (TPSA) is 92.8 Å². The van der Waals surface area contributed by atoms with Crippen LogP contribution in [0.15, 0.2) is 40.1 Å². The third kappa shape index (κ3) is 2.58. The fourth-order valence-electron chi connectivity index (χ4n) is 1.19. The highest BCUT2D eigenvalue weighted by Crippen LogP contribution is 2.18. The van der Waals surface area contributed by atoms with E-state index in [-0.39, 0.29) is 5.84 Å². The lowest BCUT2D eigenvalue weighted by atomic mass is 10.3. The summed E-state index contributed by atoms with van der Waals surface area (Å²) >= 11 is 0. The molecule has 0 radical (unpaired) electrons. The molecule has 0 aliphatic heterocycles. The number of amidine groups is 1. The van der Waals surface area contributed by atoms with Crippen molar-refractivity contribution in [2.75, 3.05) is 7.11 Å². The Balaban J connectivity index is 2.26. The molecule has 88 valence electrons. The fraction of sp³-hybridized carbons (Fsp3) is 0.100. The zero-order valence-corrected chi connectivity index (χ0v) is 8.99. The van der Waals surface area contributed by atoms with E-state index in [0.29, 0.717) is 11.4 Å². The van der Waals surface area contributed by atoms with Gasteiger partial charge in [0.05, 0.1) is 12.8 Å². The highest BCUT2D eigenvalue weighted by molar-refractivity contribution is 5.97. The summed E-state index contributed by atoms with van der Waals surface area (Å²) < 4.78 is 9.44. The predicted octanol–water partition coefficient (Wildman–Crippen LogP) is 1.14. The first-order chi connectivity index (χ1) is 8.33. The average molecular weight is 234 g/mol. The molecule has 1 heterocycles. The van der Waals surface area contributed by atoms with Crippen LogP contribution in [0, 0.1) is 0 Å². The molecule has 17 heavy (non-hydrogen) atoms. The van der Waals surface area contributed by atoms with Gasteiger partial charge in [-0.05, 0) is 29.4 Å². The van der Waals surface area contributed by atoms with Gasteiger partial charge in [0.25, 0.3) is 0 Å². The van der Waals surface area contributed by atoms with Gasteiger partial charge < -0.3 is 4.74 Å². The minimum absolute atomic E-state index is 0.149. The summed E-state index contributed by atoms with van der Waals surface area (Å²) in [7, 11) is 1.58. The van der Waals surface area contributed by atoms with Crippen LogP contribution in [0.25, 0.3) is 0 Å². The van der Waals surface area contributed by atoms with E-state index < -0.39 is 0 Å². The number of ether oxygens (including phenoxy) is 1. The Kier molecular flexibility index (Phi) is 3.31. The van der Waals surface area contributed by atoms with E-state index in [1.54, 1.807) is 31.4 Å². The Morgan fingerprint density at radius 1 is 1.41 bits per heavy atom. The molecule has 0 atom stereocenters. The van der Waals surface area contributed by atoms with Crippen LogP contribution in [0.2, 0.25) is 0 Å². The first-order valence-corrected chi connectivity index (χ1v) is 4.74. The molecule has 2 rings (SSSR count). The monoisotopic (exact) mass is 234 g/mol. The fourth-order valence-corrected chi connectivity index (χ4v) is 1.19. The molecule has 0 amide bonds. The molecular formula is C10H10N4O3. The van der Waals surface area contributed by atoms with Crippen LogP contribution in [-0.2, 0) is 0 Å². The molecule has 0 aliphatic carbocycles. The van der Waals surface area contributed by atoms with Gasteiger partial charge in [-0.1, -0.05) is 5.16 Å². The maximum atomic E-state index is 8.94. The minimum atomic E-state index is 0.149. The number of rotatable bonds is 3. The van der Waals surface area contributed by atoms with Crippen LogP contribution in [0.4, 0.5) is 5.69 Å². The number of benzene rings is 1. The predicted molar refractivity (Wildman–Crippen MR) is 58.4 cm³/mol. The number of nitrogens with zero attached hydrogens (tertiary/aromatic N) is 3. The molecular weight excluding hydrogens is 224 g/mol. The molecule has 0 bridgehead atoms. The van der Waals surface area contributed by atoms with Gasteiger partial charge >= 0.3 is 0 Å². The number of methoxy groups -OCH3 is 1. The summed E-state index contributed by atoms with van der Waals surface area (Å²) in [6, 6.07) is 7.00. The Morgan fingerprint density at radius 3 is 2.71 bits per heavy atom. The van der Waals surface area contributed by atoms with Crippen molar-refractivity contribution in [3.05, 3.63) is 36.2 Å². The number of aliphatic imine (C=N–C) groups is 1. The second kappa shape index (κ2) is 5.08. The zero-order chi connectivity index (χ0) is 12.1. The molecule has 0 saturated heterocycles. The Labute approximate surface area is 96.7 Å². The Hall–Kier alpha value is -2.41. The summed E-state index contributed by atoms with van der Waals surface area (Å²) in [5.41, 5.74) is 2.88. The van der Waals surface area contributed by atoms with Gasteiger partial charge in [0.15, 0.2) is 11.5 Å². The lowest BCUT2D eigenvalue weighted by Gasteiger charge is -2.01. The van der Waals surface area contributed by atoms with Crippen LogP contribution in [-0.4, -0.2) is 28.5 Å². The van der Waals surface area contributed by atoms with Crippen LogP contribution in [0.3, 0.4) is 0 Å². The smallest absolute Gasteiger partial charge is 0.181 e. The van der Waals surface area contributed by atoms with Gasteiger partial charge in [0.1, 0.15) is 11.9 Å². The van der Waals surface area contributed by atoms with Crippen LogP contribution in [0.5, 0.6) is 5.75 Å². The summed E-state index contributed by atoms with van der Waals surface area (Å²) in [5, 5.41) is 15.9. The molecule has 0 fully saturated rings. The largest absolute Gasteiger partial charge is 0.497 e. The third-order valence-corrected chi connectivity index (χ3v) is 2.02. The average Bonchev–Trinajstić information content (AvgIpc) is 2.90. The lowest BCUT2D eigenvalue weighted by molar-refractivity contribution is 0.234. The number of hydroxylamine groups is 1. The lowest BCUT2D eigenvalue weighted by Crippen LogP contribution is -2.20. The second-order valence-electron chi connectivity index (χ2n) is 3.06. The summed E-state index contributed by atoms with van der Waals surface area (Å²) in [4.78, 5) is 4.13. The van der Waals surface area contributed by atoms with Crippen molar-refractivity contribution in [3.63, 3.8) is 0 Å². The van der Waals surface area contributed by atoms with E-state index >= 15 is 0 Å². The van der Waals surface area contributed by atoms with Crippen LogP contribution in [0.1, 0.15) is 5.69 Å². The summed E-state index contributed by atoms with van der Waals surface area (Å²) in [6.07, 6.45) is 1.34. The number of hydrogen-bond donors (Lipinski definition) is 2. The van der Waals surface area contributed by atoms with Crippen molar-refractivity contribution in [1.82, 2.24) is 15.8 Å². The van der Waals surface area contributed by atoms with Crippen molar-refractivity contribution in [3.8, 4) is 5.75 Å². The van der Waals surface area contributed by atoms with E-state index in [1.807, 2.05) is 5.48 Å². The Morgan fingerprint density at radius 2 is 2.18 bits per heavy atom. The number of hydrogen-bond acceptors (Lipinski definition) is 6. The molecule has 1 aromatic carbocycles. The summed E-state index contributed by atoms with van der Waals surface area (Å²) in [5.74, 6) is 0.877. The first kappa shape index (κ1) is 11.1. The van der Waals surface area contributed by atoms with E-state index in [2.05, 4.69) is 19.9 Å². The molecule has 2 N–H and O–H groups in total. The van der Waals surface area contributed by atoms with Crippen molar-refractivity contribution in [1.29, 1.82) is 0 Å². The first-order valence-electron chi connectivity index (χ1n) is 4.74. The molecule has 0 spiro atoms. The van der Waals surface area contributed by atoms with Crippen LogP contribution >= 0.6 is 0 Å². The van der Waals surface area contributed by atoms with E-state index in [1.165, 1.54) is 6.20 Å². The maximum Gasteiger partial charge on any atom is 0.181 e. The van der Waals surface area contributed by atoms with Gasteiger partial charge in [0.2, 0.25) is 0 Å². The standard InChI is InChI=1S/C10H10N4O3/c1-16-8-4-2-7(3-5-8)12-10(13-15)9-6-11-17-14-9/h2-6,15H,1H3,(H,12,13). The number of nitrogens with one attached hydrogen (secondary N) is 1. The van der Waals surface area contributed by atoms with Gasteiger partial charge in [0, 0.05) is 0 Å². The second-order valence-corrected chi connectivity index (χ2v) is 3.06. The molecule has 0 saturated carbocycles. The van der Waals surface area contributed by atoms with Gasteiger partial charge in [-0.3, -0.25) is 10.7 Å². The SMILES string of the molecule is COc1ccc(N=C(NO)c2cnon2)cc1. The molecule has 0 unspecified atom stereocenters. The highest BCUT2D eigenvalue weighted by Gasteiger charge is 2.06. The molecule has 0 aliphatic rings. The van der Waals surface area contributed by atoms with E-state index in [0.717, 1.165) is 5.75 Å².